The molecule has 4 rings (SSSR count). The lowest BCUT2D eigenvalue weighted by molar-refractivity contribution is -0.145. The van der Waals surface area contributed by atoms with Crippen LogP contribution in [-0.2, 0) is 11.3 Å². The highest BCUT2D eigenvalue weighted by Gasteiger charge is 2.48. The van der Waals surface area contributed by atoms with Crippen molar-refractivity contribution in [2.24, 2.45) is 5.41 Å². The molecule has 2 aromatic rings. The van der Waals surface area contributed by atoms with Crippen molar-refractivity contribution in [2.75, 3.05) is 24.5 Å². The normalized spacial score (nSPS) is 23.1. The van der Waals surface area contributed by atoms with Crippen LogP contribution in [-0.4, -0.2) is 40.4 Å². The average Bonchev–Trinajstić information content (AvgIpc) is 3.09. The first kappa shape index (κ1) is 16.9. The number of piperidine rings is 1. The zero-order chi connectivity index (χ0) is 18.1. The Kier molecular flexibility index (Phi) is 4.30. The Morgan fingerprint density at radius 1 is 1.15 bits per heavy atom. The van der Waals surface area contributed by atoms with Crippen LogP contribution in [0.15, 0.2) is 36.8 Å². The highest BCUT2D eigenvalue weighted by molar-refractivity contribution is 5.85. The first-order valence-electron chi connectivity index (χ1n) is 8.82. The molecule has 0 saturated carbocycles. The lowest BCUT2D eigenvalue weighted by Gasteiger charge is -2.39. The van der Waals surface area contributed by atoms with Gasteiger partial charge in [0, 0.05) is 44.1 Å². The number of rotatable bonds is 3. The fourth-order valence-corrected chi connectivity index (χ4v) is 4.08. The number of carbonyl (C=O) groups excluding carboxylic acids is 1. The Labute approximate surface area is 150 Å². The first-order chi connectivity index (χ1) is 12.6. The molecule has 1 spiro atoms. The van der Waals surface area contributed by atoms with Crippen molar-refractivity contribution >= 4 is 11.7 Å². The van der Waals surface area contributed by atoms with Crippen molar-refractivity contribution in [1.29, 1.82) is 0 Å². The second-order valence-corrected chi connectivity index (χ2v) is 7.06. The van der Waals surface area contributed by atoms with Crippen LogP contribution in [0, 0.1) is 17.0 Å². The van der Waals surface area contributed by atoms with Crippen molar-refractivity contribution in [1.82, 2.24) is 14.9 Å². The molecule has 1 amide bonds. The largest absolute Gasteiger partial charge is 0.354 e. The summed E-state index contributed by atoms with van der Waals surface area (Å²) in [4.78, 5) is 25.3. The van der Waals surface area contributed by atoms with Gasteiger partial charge >= 0.3 is 0 Å². The van der Waals surface area contributed by atoms with Crippen LogP contribution in [0.1, 0.15) is 24.8 Å². The Morgan fingerprint density at radius 2 is 2.04 bits per heavy atom. The van der Waals surface area contributed by atoms with Gasteiger partial charge in [0.2, 0.25) is 5.91 Å². The van der Waals surface area contributed by atoms with Crippen molar-refractivity contribution in [3.8, 4) is 0 Å². The number of hydrogen-bond acceptors (Lipinski definition) is 4. The summed E-state index contributed by atoms with van der Waals surface area (Å²) < 4.78 is 27.5. The van der Waals surface area contributed by atoms with Crippen molar-refractivity contribution in [3.05, 3.63) is 54.0 Å². The van der Waals surface area contributed by atoms with Crippen LogP contribution < -0.4 is 4.90 Å². The zero-order valence-electron chi connectivity index (χ0n) is 14.4. The average molecular weight is 358 g/mol. The predicted molar refractivity (Wildman–Crippen MR) is 92.3 cm³/mol. The summed E-state index contributed by atoms with van der Waals surface area (Å²) in [7, 11) is 0. The van der Waals surface area contributed by atoms with E-state index in [0.29, 0.717) is 13.1 Å². The standard InChI is InChI=1S/C19H20F2N4O/c20-15-4-1-3-14(17(15)21)12-24-9-2-5-19(18(24)26)6-10-25(13-19)16-11-22-7-8-23-16/h1,3-4,7-8,11H,2,5-6,9-10,12-13H2/t19-/m1/s1. The molecule has 3 heterocycles. The minimum Gasteiger partial charge on any atom is -0.354 e. The molecule has 0 unspecified atom stereocenters. The molecule has 7 heteroatoms. The van der Waals surface area contributed by atoms with Gasteiger partial charge in [-0.1, -0.05) is 12.1 Å². The molecule has 1 aromatic carbocycles. The van der Waals surface area contributed by atoms with Gasteiger partial charge in [0.25, 0.3) is 0 Å². The number of halogens is 2. The van der Waals surface area contributed by atoms with E-state index in [1.807, 2.05) is 0 Å². The quantitative estimate of drug-likeness (QED) is 0.847. The summed E-state index contributed by atoms with van der Waals surface area (Å²) in [5.41, 5.74) is -0.251. The fourth-order valence-electron chi connectivity index (χ4n) is 4.08. The third-order valence-corrected chi connectivity index (χ3v) is 5.44. The topological polar surface area (TPSA) is 49.3 Å². The Balaban J connectivity index is 1.52. The number of nitrogens with zero attached hydrogens (tertiary/aromatic N) is 4. The van der Waals surface area contributed by atoms with Gasteiger partial charge in [-0.05, 0) is 25.3 Å². The zero-order valence-corrected chi connectivity index (χ0v) is 14.4. The van der Waals surface area contributed by atoms with Gasteiger partial charge in [-0.15, -0.1) is 0 Å². The maximum atomic E-state index is 14.0. The molecule has 2 saturated heterocycles. The second kappa shape index (κ2) is 6.63. The SMILES string of the molecule is O=C1N(Cc2cccc(F)c2F)CCC[C@]12CCN(c1cnccn1)C2. The van der Waals surface area contributed by atoms with Gasteiger partial charge in [0.1, 0.15) is 5.82 Å². The molecule has 1 aromatic heterocycles. The van der Waals surface area contributed by atoms with E-state index in [1.54, 1.807) is 23.5 Å². The van der Waals surface area contributed by atoms with E-state index in [4.69, 9.17) is 0 Å². The van der Waals surface area contributed by atoms with E-state index in [2.05, 4.69) is 14.9 Å². The molecular formula is C19H20F2N4O. The fraction of sp³-hybridized carbons (Fsp3) is 0.421. The number of carbonyl (C=O) groups is 1. The molecule has 0 aliphatic carbocycles. The van der Waals surface area contributed by atoms with Crippen LogP contribution in [0.3, 0.4) is 0 Å². The van der Waals surface area contributed by atoms with Crippen molar-refractivity contribution in [3.63, 3.8) is 0 Å². The van der Waals surface area contributed by atoms with E-state index < -0.39 is 17.0 Å². The third kappa shape index (κ3) is 2.91. The summed E-state index contributed by atoms with van der Waals surface area (Å²) in [6.45, 7) is 2.01. The molecule has 2 fully saturated rings. The smallest absolute Gasteiger partial charge is 0.230 e. The Morgan fingerprint density at radius 3 is 2.85 bits per heavy atom. The summed E-state index contributed by atoms with van der Waals surface area (Å²) in [5.74, 6) is -0.951. The van der Waals surface area contributed by atoms with Gasteiger partial charge in [-0.2, -0.15) is 0 Å². The number of amides is 1. The highest BCUT2D eigenvalue weighted by Crippen LogP contribution is 2.41. The van der Waals surface area contributed by atoms with Crippen LogP contribution in [0.25, 0.3) is 0 Å². The number of anilines is 1. The van der Waals surface area contributed by atoms with Crippen molar-refractivity contribution < 1.29 is 13.6 Å². The molecule has 1 atom stereocenters. The van der Waals surface area contributed by atoms with E-state index >= 15 is 0 Å². The molecule has 5 nitrogen and oxygen atoms in total. The van der Waals surface area contributed by atoms with Gasteiger partial charge < -0.3 is 9.80 Å². The molecule has 2 aliphatic heterocycles. The molecule has 0 radical (unpaired) electrons. The molecule has 26 heavy (non-hydrogen) atoms. The van der Waals surface area contributed by atoms with Crippen LogP contribution in [0.2, 0.25) is 0 Å². The minimum atomic E-state index is -0.878. The maximum absolute atomic E-state index is 14.0. The molecule has 0 bridgehead atoms. The van der Waals surface area contributed by atoms with Gasteiger partial charge in [-0.25, -0.2) is 13.8 Å². The second-order valence-electron chi connectivity index (χ2n) is 7.06. The van der Waals surface area contributed by atoms with E-state index in [1.165, 1.54) is 12.1 Å². The van der Waals surface area contributed by atoms with Crippen LogP contribution >= 0.6 is 0 Å². The van der Waals surface area contributed by atoms with Crippen molar-refractivity contribution in [2.45, 2.75) is 25.8 Å². The number of hydrogen-bond donors (Lipinski definition) is 0. The summed E-state index contributed by atoms with van der Waals surface area (Å²) >= 11 is 0. The van der Waals surface area contributed by atoms with Gasteiger partial charge in [0.15, 0.2) is 11.6 Å². The molecule has 0 N–H and O–H groups in total. The summed E-state index contributed by atoms with van der Waals surface area (Å²) in [6, 6.07) is 4.10. The third-order valence-electron chi connectivity index (χ3n) is 5.44. The molecular weight excluding hydrogens is 338 g/mol. The number of likely N-dealkylation sites (tertiary alicyclic amines) is 1. The lowest BCUT2D eigenvalue weighted by Crippen LogP contribution is -2.49. The number of aromatic nitrogens is 2. The minimum absolute atomic E-state index is 0.0267. The highest BCUT2D eigenvalue weighted by atomic mass is 19.2. The van der Waals surface area contributed by atoms with Crippen LogP contribution in [0.5, 0.6) is 0 Å². The number of benzene rings is 1. The van der Waals surface area contributed by atoms with Crippen LogP contribution in [0.4, 0.5) is 14.6 Å². The summed E-state index contributed by atoms with van der Waals surface area (Å²) in [6.07, 6.45) is 7.37. The Bertz CT molecular complexity index is 816. The predicted octanol–water partition coefficient (Wildman–Crippen LogP) is 2.77. The molecule has 2 aliphatic rings. The van der Waals surface area contributed by atoms with E-state index in [0.717, 1.165) is 37.7 Å². The van der Waals surface area contributed by atoms with Gasteiger partial charge in [0.05, 0.1) is 11.6 Å². The Hall–Kier alpha value is -2.57. The lowest BCUT2D eigenvalue weighted by atomic mass is 9.78. The first-order valence-corrected chi connectivity index (χ1v) is 8.82. The maximum Gasteiger partial charge on any atom is 0.230 e. The van der Waals surface area contributed by atoms with E-state index in [9.17, 15) is 13.6 Å². The monoisotopic (exact) mass is 358 g/mol. The van der Waals surface area contributed by atoms with E-state index in [-0.39, 0.29) is 18.0 Å². The molecule has 136 valence electrons. The van der Waals surface area contributed by atoms with Gasteiger partial charge in [-0.3, -0.25) is 9.78 Å². The summed E-state index contributed by atoms with van der Waals surface area (Å²) in [5, 5.41) is 0.